The van der Waals surface area contributed by atoms with Crippen LogP contribution in [-0.4, -0.2) is 0 Å². The minimum Gasteiger partial charge on any atom is -0.103 e. The van der Waals surface area contributed by atoms with Crippen molar-refractivity contribution < 1.29 is 0 Å². The summed E-state index contributed by atoms with van der Waals surface area (Å²) >= 11 is 2.36. The molecular formula is C13H15I. The summed E-state index contributed by atoms with van der Waals surface area (Å²) in [5, 5.41) is 0. The van der Waals surface area contributed by atoms with Crippen LogP contribution in [-0.2, 0) is 6.42 Å². The van der Waals surface area contributed by atoms with E-state index in [-0.39, 0.29) is 0 Å². The maximum absolute atomic E-state index is 3.22. The van der Waals surface area contributed by atoms with Gasteiger partial charge in [-0.05, 0) is 40.6 Å². The van der Waals surface area contributed by atoms with E-state index in [9.17, 15) is 0 Å². The van der Waals surface area contributed by atoms with Gasteiger partial charge in [-0.25, -0.2) is 0 Å². The Hall–Kier alpha value is -0.490. The molecule has 74 valence electrons. The van der Waals surface area contributed by atoms with E-state index in [0.29, 0.717) is 0 Å². The molecule has 1 aromatic carbocycles. The van der Waals surface area contributed by atoms with Crippen LogP contribution in [0.3, 0.4) is 0 Å². The predicted octanol–water partition coefficient (Wildman–Crippen LogP) is 4.03. The Morgan fingerprint density at radius 2 is 2.00 bits per heavy atom. The van der Waals surface area contributed by atoms with Crippen molar-refractivity contribution in [3.8, 4) is 11.8 Å². The molecule has 0 heterocycles. The first-order valence-corrected chi connectivity index (χ1v) is 6.11. The number of hydrogen-bond donors (Lipinski definition) is 0. The van der Waals surface area contributed by atoms with Crippen LogP contribution in [0.25, 0.3) is 0 Å². The molecule has 1 heteroatoms. The Balaban J connectivity index is 2.44. The SMILES string of the molecule is CCCCC#CCc1ccccc1I. The fourth-order valence-corrected chi connectivity index (χ4v) is 1.73. The lowest BCUT2D eigenvalue weighted by Gasteiger charge is -1.97. The van der Waals surface area contributed by atoms with E-state index in [4.69, 9.17) is 0 Å². The molecule has 0 aromatic heterocycles. The summed E-state index contributed by atoms with van der Waals surface area (Å²) in [5.41, 5.74) is 1.34. The topological polar surface area (TPSA) is 0 Å². The smallest absolute Gasteiger partial charge is 0.0350 e. The Bertz CT molecular complexity index is 331. The van der Waals surface area contributed by atoms with Crippen LogP contribution < -0.4 is 0 Å². The van der Waals surface area contributed by atoms with E-state index in [0.717, 1.165) is 12.8 Å². The zero-order chi connectivity index (χ0) is 10.2. The molecule has 0 fully saturated rings. The highest BCUT2D eigenvalue weighted by atomic mass is 127. The third kappa shape index (κ3) is 4.15. The van der Waals surface area contributed by atoms with Gasteiger partial charge in [0.15, 0.2) is 0 Å². The highest BCUT2D eigenvalue weighted by Gasteiger charge is 1.93. The van der Waals surface area contributed by atoms with Crippen molar-refractivity contribution in [2.24, 2.45) is 0 Å². The van der Waals surface area contributed by atoms with Crippen LogP contribution in [0.1, 0.15) is 31.7 Å². The Morgan fingerprint density at radius 3 is 2.71 bits per heavy atom. The van der Waals surface area contributed by atoms with Gasteiger partial charge in [0.05, 0.1) is 0 Å². The molecule has 0 saturated carbocycles. The first kappa shape index (κ1) is 11.6. The summed E-state index contributed by atoms with van der Waals surface area (Å²) in [6, 6.07) is 8.42. The van der Waals surface area contributed by atoms with Crippen LogP contribution in [0.5, 0.6) is 0 Å². The first-order valence-electron chi connectivity index (χ1n) is 5.03. The summed E-state index contributed by atoms with van der Waals surface area (Å²) in [6.45, 7) is 2.20. The molecule has 0 aliphatic heterocycles. The highest BCUT2D eigenvalue weighted by Crippen LogP contribution is 2.11. The number of hydrogen-bond acceptors (Lipinski definition) is 0. The molecule has 0 radical (unpaired) electrons. The van der Waals surface area contributed by atoms with Crippen molar-refractivity contribution in [2.75, 3.05) is 0 Å². The maximum Gasteiger partial charge on any atom is 0.0350 e. The molecule has 0 amide bonds. The van der Waals surface area contributed by atoms with Crippen LogP contribution >= 0.6 is 22.6 Å². The zero-order valence-corrected chi connectivity index (χ0v) is 10.7. The van der Waals surface area contributed by atoms with E-state index < -0.39 is 0 Å². The van der Waals surface area contributed by atoms with Gasteiger partial charge in [0.25, 0.3) is 0 Å². The van der Waals surface area contributed by atoms with E-state index in [2.05, 4.69) is 65.6 Å². The Kier molecular flexibility index (Phi) is 5.70. The monoisotopic (exact) mass is 298 g/mol. The van der Waals surface area contributed by atoms with Gasteiger partial charge in [0, 0.05) is 16.4 Å². The molecule has 0 atom stereocenters. The second-order valence-corrected chi connectivity index (χ2v) is 4.39. The number of benzene rings is 1. The Labute approximate surface area is 100 Å². The van der Waals surface area contributed by atoms with Gasteiger partial charge in [-0.1, -0.05) is 37.5 Å². The zero-order valence-electron chi connectivity index (χ0n) is 8.52. The van der Waals surface area contributed by atoms with Crippen LogP contribution in [0.15, 0.2) is 24.3 Å². The average molecular weight is 298 g/mol. The van der Waals surface area contributed by atoms with Gasteiger partial charge < -0.3 is 0 Å². The molecule has 0 aliphatic carbocycles. The van der Waals surface area contributed by atoms with Crippen molar-refractivity contribution in [2.45, 2.75) is 32.6 Å². The van der Waals surface area contributed by atoms with Crippen molar-refractivity contribution in [1.29, 1.82) is 0 Å². The van der Waals surface area contributed by atoms with Gasteiger partial charge in [0.1, 0.15) is 0 Å². The van der Waals surface area contributed by atoms with Gasteiger partial charge in [0.2, 0.25) is 0 Å². The van der Waals surface area contributed by atoms with Crippen LogP contribution in [0.2, 0.25) is 0 Å². The fraction of sp³-hybridized carbons (Fsp3) is 0.385. The van der Waals surface area contributed by atoms with E-state index >= 15 is 0 Å². The molecule has 0 nitrogen and oxygen atoms in total. The van der Waals surface area contributed by atoms with Crippen LogP contribution in [0.4, 0.5) is 0 Å². The summed E-state index contributed by atoms with van der Waals surface area (Å²) < 4.78 is 1.31. The van der Waals surface area contributed by atoms with Gasteiger partial charge >= 0.3 is 0 Å². The molecule has 1 rings (SSSR count). The van der Waals surface area contributed by atoms with Gasteiger partial charge in [-0.2, -0.15) is 0 Å². The van der Waals surface area contributed by atoms with Crippen molar-refractivity contribution in [1.82, 2.24) is 0 Å². The standard InChI is InChI=1S/C13H15I/c1-2-3-4-5-6-9-12-10-7-8-11-13(12)14/h7-8,10-11H,2-4,9H2,1H3. The number of rotatable bonds is 3. The molecule has 0 saturated heterocycles. The largest absolute Gasteiger partial charge is 0.103 e. The van der Waals surface area contributed by atoms with E-state index in [1.54, 1.807) is 0 Å². The summed E-state index contributed by atoms with van der Waals surface area (Å²) in [5.74, 6) is 6.43. The first-order chi connectivity index (χ1) is 6.84. The summed E-state index contributed by atoms with van der Waals surface area (Å²) in [7, 11) is 0. The lowest BCUT2D eigenvalue weighted by atomic mass is 10.1. The van der Waals surface area contributed by atoms with Crippen molar-refractivity contribution >= 4 is 22.6 Å². The van der Waals surface area contributed by atoms with E-state index in [1.165, 1.54) is 22.0 Å². The Morgan fingerprint density at radius 1 is 1.21 bits per heavy atom. The minimum absolute atomic E-state index is 0.892. The number of halogens is 1. The van der Waals surface area contributed by atoms with Gasteiger partial charge in [-0.3, -0.25) is 0 Å². The summed E-state index contributed by atoms with van der Waals surface area (Å²) in [4.78, 5) is 0. The van der Waals surface area contributed by atoms with Gasteiger partial charge in [-0.15, -0.1) is 5.92 Å². The normalized spacial score (nSPS) is 9.29. The molecule has 0 N–H and O–H groups in total. The lowest BCUT2D eigenvalue weighted by molar-refractivity contribution is 0.827. The third-order valence-electron chi connectivity index (χ3n) is 2.02. The molecule has 0 unspecified atom stereocenters. The molecule has 0 spiro atoms. The summed E-state index contributed by atoms with van der Waals surface area (Å²) in [6.07, 6.45) is 4.39. The van der Waals surface area contributed by atoms with E-state index in [1.807, 2.05) is 0 Å². The molecule has 0 bridgehead atoms. The molecule has 14 heavy (non-hydrogen) atoms. The third-order valence-corrected chi connectivity index (χ3v) is 3.07. The second kappa shape index (κ2) is 6.89. The minimum atomic E-state index is 0.892. The quantitative estimate of drug-likeness (QED) is 0.449. The average Bonchev–Trinajstić information content (AvgIpc) is 2.20. The highest BCUT2D eigenvalue weighted by molar-refractivity contribution is 14.1. The van der Waals surface area contributed by atoms with Crippen molar-refractivity contribution in [3.05, 3.63) is 33.4 Å². The van der Waals surface area contributed by atoms with Crippen molar-refractivity contribution in [3.63, 3.8) is 0 Å². The maximum atomic E-state index is 3.22. The molecular weight excluding hydrogens is 283 g/mol. The van der Waals surface area contributed by atoms with Crippen LogP contribution in [0, 0.1) is 15.4 Å². The molecule has 0 aliphatic rings. The number of unbranched alkanes of at least 4 members (excludes halogenated alkanes) is 2. The second-order valence-electron chi connectivity index (χ2n) is 3.23. The fourth-order valence-electron chi connectivity index (χ4n) is 1.15. The predicted molar refractivity (Wildman–Crippen MR) is 70.2 cm³/mol. The lowest BCUT2D eigenvalue weighted by Crippen LogP contribution is -1.85. The molecule has 1 aromatic rings.